The third kappa shape index (κ3) is 4.05. The number of rotatable bonds is 5. The lowest BCUT2D eigenvalue weighted by molar-refractivity contribution is 0.288. The second-order valence-electron chi connectivity index (χ2n) is 5.79. The molecule has 0 aliphatic rings. The molecule has 0 amide bonds. The van der Waals surface area contributed by atoms with Gasteiger partial charge < -0.3 is 4.74 Å². The Balaban J connectivity index is 1.77. The number of hydrogen-bond acceptors (Lipinski definition) is 5. The van der Waals surface area contributed by atoms with Gasteiger partial charge in [-0.1, -0.05) is 29.8 Å². The summed E-state index contributed by atoms with van der Waals surface area (Å²) in [6.45, 7) is 4.28. The van der Waals surface area contributed by atoms with Crippen molar-refractivity contribution in [3.05, 3.63) is 75.3 Å². The van der Waals surface area contributed by atoms with Gasteiger partial charge in [-0.25, -0.2) is 5.10 Å². The zero-order chi connectivity index (χ0) is 18.5. The Morgan fingerprint density at radius 1 is 1.27 bits per heavy atom. The molecule has 1 aromatic heterocycles. The number of hydrogen-bond donors (Lipinski definition) is 1. The third-order valence-electron chi connectivity index (χ3n) is 3.77. The van der Waals surface area contributed by atoms with Gasteiger partial charge in [0.05, 0.1) is 17.8 Å². The van der Waals surface area contributed by atoms with Crippen molar-refractivity contribution in [1.29, 1.82) is 5.26 Å². The summed E-state index contributed by atoms with van der Waals surface area (Å²) < 4.78 is 7.76. The van der Waals surface area contributed by atoms with Crippen molar-refractivity contribution in [3.8, 4) is 11.8 Å². The fraction of sp³-hybridized carbons (Fsp3) is 0.158. The van der Waals surface area contributed by atoms with Crippen molar-refractivity contribution in [2.45, 2.75) is 20.5 Å². The Bertz CT molecular complexity index is 1040. The van der Waals surface area contributed by atoms with Gasteiger partial charge in [0.15, 0.2) is 5.82 Å². The van der Waals surface area contributed by atoms with E-state index in [9.17, 15) is 0 Å². The SMILES string of the molecule is Cc1ccc(OCc2n[nH]c(=S)n2/N=C\c2ccc(C#N)cc2)c(C)c1. The zero-order valence-corrected chi connectivity index (χ0v) is 15.2. The molecule has 0 bridgehead atoms. The second-order valence-corrected chi connectivity index (χ2v) is 6.18. The lowest BCUT2D eigenvalue weighted by Crippen LogP contribution is -2.05. The van der Waals surface area contributed by atoms with Crippen LogP contribution in [0.25, 0.3) is 0 Å². The van der Waals surface area contributed by atoms with Crippen LogP contribution in [0.15, 0.2) is 47.6 Å². The lowest BCUT2D eigenvalue weighted by Gasteiger charge is -2.09. The number of aryl methyl sites for hydroxylation is 2. The summed E-state index contributed by atoms with van der Waals surface area (Å²) >= 11 is 5.23. The van der Waals surface area contributed by atoms with Crippen molar-refractivity contribution in [2.24, 2.45) is 5.10 Å². The first-order chi connectivity index (χ1) is 12.6. The molecule has 1 heterocycles. The maximum absolute atomic E-state index is 8.84. The minimum atomic E-state index is 0.238. The lowest BCUT2D eigenvalue weighted by atomic mass is 10.1. The van der Waals surface area contributed by atoms with Crippen LogP contribution in [-0.2, 0) is 6.61 Å². The Labute approximate surface area is 156 Å². The fourth-order valence-electron chi connectivity index (χ4n) is 2.41. The summed E-state index contributed by atoms with van der Waals surface area (Å²) in [5.41, 5.74) is 3.70. The molecule has 130 valence electrons. The molecular weight excluding hydrogens is 346 g/mol. The predicted molar refractivity (Wildman–Crippen MR) is 102 cm³/mol. The van der Waals surface area contributed by atoms with E-state index in [1.165, 1.54) is 10.2 Å². The Morgan fingerprint density at radius 2 is 2.04 bits per heavy atom. The van der Waals surface area contributed by atoms with E-state index < -0.39 is 0 Å². The highest BCUT2D eigenvalue weighted by Crippen LogP contribution is 2.19. The average molecular weight is 363 g/mol. The van der Waals surface area contributed by atoms with Gasteiger partial charge in [-0.2, -0.15) is 20.1 Å². The van der Waals surface area contributed by atoms with Gasteiger partial charge in [0.25, 0.3) is 0 Å². The maximum Gasteiger partial charge on any atom is 0.216 e. The number of aromatic nitrogens is 3. The standard InChI is InChI=1S/C19H17N5OS/c1-13-3-8-17(14(2)9-13)25-12-18-22-23-19(26)24(18)21-11-16-6-4-15(10-20)5-7-16/h3-9,11H,12H2,1-2H3,(H,23,26)/b21-11-. The Hall–Kier alpha value is -3.24. The summed E-state index contributed by atoms with van der Waals surface area (Å²) in [5.74, 6) is 1.37. The number of nitrogens with one attached hydrogen (secondary N) is 1. The smallest absolute Gasteiger partial charge is 0.216 e. The molecule has 1 N–H and O–H groups in total. The van der Waals surface area contributed by atoms with Crippen LogP contribution in [0.2, 0.25) is 0 Å². The summed E-state index contributed by atoms with van der Waals surface area (Å²) in [5, 5.41) is 20.1. The fourth-order valence-corrected chi connectivity index (χ4v) is 2.61. The van der Waals surface area contributed by atoms with Gasteiger partial charge in [0, 0.05) is 0 Å². The molecule has 0 aliphatic carbocycles. The van der Waals surface area contributed by atoms with Gasteiger partial charge in [0.1, 0.15) is 12.4 Å². The number of nitriles is 1. The van der Waals surface area contributed by atoms with Crippen LogP contribution < -0.4 is 4.74 Å². The van der Waals surface area contributed by atoms with E-state index in [-0.39, 0.29) is 6.61 Å². The molecule has 0 atom stereocenters. The monoisotopic (exact) mass is 363 g/mol. The highest BCUT2D eigenvalue weighted by molar-refractivity contribution is 7.71. The molecular formula is C19H17N5OS. The summed E-state index contributed by atoms with van der Waals surface area (Å²) in [7, 11) is 0. The first kappa shape index (κ1) is 17.6. The van der Waals surface area contributed by atoms with Crippen LogP contribution in [-0.4, -0.2) is 21.1 Å². The highest BCUT2D eigenvalue weighted by atomic mass is 32.1. The van der Waals surface area contributed by atoms with Crippen LogP contribution >= 0.6 is 12.2 Å². The number of H-pyrrole nitrogens is 1. The molecule has 0 saturated heterocycles. The molecule has 0 fully saturated rings. The molecule has 0 radical (unpaired) electrons. The van der Waals surface area contributed by atoms with E-state index in [0.29, 0.717) is 16.2 Å². The third-order valence-corrected chi connectivity index (χ3v) is 4.03. The topological polar surface area (TPSA) is 79.0 Å². The summed E-state index contributed by atoms with van der Waals surface area (Å²) in [6.07, 6.45) is 1.66. The van der Waals surface area contributed by atoms with Gasteiger partial charge in [-0.15, -0.1) is 0 Å². The summed E-state index contributed by atoms with van der Waals surface area (Å²) in [6, 6.07) is 15.2. The molecule has 0 saturated carbocycles. The molecule has 3 rings (SSSR count). The van der Waals surface area contributed by atoms with Crippen LogP contribution in [0.3, 0.4) is 0 Å². The molecule has 0 aliphatic heterocycles. The van der Waals surface area contributed by atoms with Crippen molar-refractivity contribution in [3.63, 3.8) is 0 Å². The molecule has 6 nitrogen and oxygen atoms in total. The van der Waals surface area contributed by atoms with Crippen molar-refractivity contribution in [2.75, 3.05) is 0 Å². The number of aromatic amines is 1. The van der Waals surface area contributed by atoms with Crippen LogP contribution in [0.1, 0.15) is 28.1 Å². The van der Waals surface area contributed by atoms with E-state index in [2.05, 4.69) is 27.4 Å². The molecule has 3 aromatic rings. The first-order valence-electron chi connectivity index (χ1n) is 7.97. The molecule has 26 heavy (non-hydrogen) atoms. The minimum Gasteiger partial charge on any atom is -0.485 e. The van der Waals surface area contributed by atoms with E-state index in [4.69, 9.17) is 22.2 Å². The van der Waals surface area contributed by atoms with Crippen LogP contribution in [0, 0.1) is 29.9 Å². The van der Waals surface area contributed by atoms with Gasteiger partial charge in [0.2, 0.25) is 4.77 Å². The molecule has 7 heteroatoms. The normalized spacial score (nSPS) is 10.8. The minimum absolute atomic E-state index is 0.238. The van der Waals surface area contributed by atoms with Crippen molar-refractivity contribution >= 4 is 18.4 Å². The molecule has 0 spiro atoms. The van der Waals surface area contributed by atoms with E-state index >= 15 is 0 Å². The van der Waals surface area contributed by atoms with E-state index in [1.807, 2.05) is 38.1 Å². The van der Waals surface area contributed by atoms with Gasteiger partial charge >= 0.3 is 0 Å². The largest absolute Gasteiger partial charge is 0.485 e. The van der Waals surface area contributed by atoms with Crippen LogP contribution in [0.4, 0.5) is 0 Å². The predicted octanol–water partition coefficient (Wildman–Crippen LogP) is 3.89. The van der Waals surface area contributed by atoms with Crippen molar-refractivity contribution < 1.29 is 4.74 Å². The average Bonchev–Trinajstić information content (AvgIpc) is 2.99. The summed E-state index contributed by atoms with van der Waals surface area (Å²) in [4.78, 5) is 0. The zero-order valence-electron chi connectivity index (χ0n) is 14.4. The second kappa shape index (κ2) is 7.76. The van der Waals surface area contributed by atoms with Gasteiger partial charge in [-0.05, 0) is 55.4 Å². The van der Waals surface area contributed by atoms with Crippen LogP contribution in [0.5, 0.6) is 5.75 Å². The quantitative estimate of drug-likeness (QED) is 0.551. The number of nitrogens with zero attached hydrogens (tertiary/aromatic N) is 4. The first-order valence-corrected chi connectivity index (χ1v) is 8.38. The Morgan fingerprint density at radius 3 is 2.73 bits per heavy atom. The molecule has 2 aromatic carbocycles. The number of benzene rings is 2. The highest BCUT2D eigenvalue weighted by Gasteiger charge is 2.07. The van der Waals surface area contributed by atoms with Crippen molar-refractivity contribution in [1.82, 2.24) is 14.9 Å². The number of ether oxygens (including phenoxy) is 1. The van der Waals surface area contributed by atoms with E-state index in [0.717, 1.165) is 16.9 Å². The van der Waals surface area contributed by atoms with Gasteiger partial charge in [-0.3, -0.25) is 0 Å². The molecule has 0 unspecified atom stereocenters. The Kier molecular flexibility index (Phi) is 5.25. The van der Waals surface area contributed by atoms with E-state index in [1.54, 1.807) is 18.3 Å². The maximum atomic E-state index is 8.84.